The average Bonchev–Trinajstić information content (AvgIpc) is 3.70. The SMILES string of the molecule is CCCCCCCCCCCCCCCCC/C=C\C/C=C\CCCCCCCCCCCCCCCCCCCC(=O)NC(COC1OC(CO)C(O)C(O)C1O)C(O)CCCCCCCCCCCCCCCCCCCCCCCC. The highest BCUT2D eigenvalue weighted by molar-refractivity contribution is 5.76. The Morgan fingerprint density at radius 2 is 0.702 bits per heavy atom. The van der Waals surface area contributed by atoms with Crippen LogP contribution in [0.15, 0.2) is 24.3 Å². The molecule has 6 N–H and O–H groups in total. The third-order valence-electron chi connectivity index (χ3n) is 18.3. The van der Waals surface area contributed by atoms with Crippen LogP contribution in [0, 0.1) is 0 Å². The summed E-state index contributed by atoms with van der Waals surface area (Å²) in [5, 5.41) is 55.0. The van der Waals surface area contributed by atoms with Gasteiger partial charge in [-0.05, 0) is 44.9 Å². The van der Waals surface area contributed by atoms with Crippen LogP contribution >= 0.6 is 0 Å². The molecule has 1 heterocycles. The minimum Gasteiger partial charge on any atom is -0.394 e. The lowest BCUT2D eigenvalue weighted by Gasteiger charge is -2.40. The lowest BCUT2D eigenvalue weighted by Crippen LogP contribution is -2.60. The number of nitrogens with one attached hydrogen (secondary N) is 1. The molecule has 1 saturated heterocycles. The Morgan fingerprint density at radius 3 is 1.02 bits per heavy atom. The summed E-state index contributed by atoms with van der Waals surface area (Å²) < 4.78 is 11.4. The number of rotatable bonds is 67. The van der Waals surface area contributed by atoms with Gasteiger partial charge in [-0.2, -0.15) is 0 Å². The maximum absolute atomic E-state index is 13.2. The van der Waals surface area contributed by atoms with E-state index in [4.69, 9.17) is 9.47 Å². The van der Waals surface area contributed by atoms with Crippen molar-refractivity contribution in [2.75, 3.05) is 13.2 Å². The van der Waals surface area contributed by atoms with E-state index in [1.54, 1.807) is 0 Å². The van der Waals surface area contributed by atoms with Crippen molar-refractivity contribution in [3.8, 4) is 0 Å². The van der Waals surface area contributed by atoms with Crippen molar-refractivity contribution in [3.05, 3.63) is 24.3 Å². The molecule has 7 atom stereocenters. The number of hydrogen-bond donors (Lipinski definition) is 6. The van der Waals surface area contributed by atoms with Crippen molar-refractivity contribution in [1.82, 2.24) is 5.32 Å². The minimum absolute atomic E-state index is 0.133. The van der Waals surface area contributed by atoms with Crippen molar-refractivity contribution in [2.45, 2.75) is 436 Å². The van der Waals surface area contributed by atoms with Gasteiger partial charge >= 0.3 is 0 Å². The molecule has 84 heavy (non-hydrogen) atoms. The number of carbonyl (C=O) groups excluding carboxylic acids is 1. The molecule has 1 fully saturated rings. The second-order valence-electron chi connectivity index (χ2n) is 26.5. The van der Waals surface area contributed by atoms with Crippen molar-refractivity contribution < 1.29 is 39.8 Å². The summed E-state index contributed by atoms with van der Waals surface area (Å²) in [5.74, 6) is -0.136. The lowest BCUT2D eigenvalue weighted by atomic mass is 9.99. The topological polar surface area (TPSA) is 149 Å². The first-order valence-electron chi connectivity index (χ1n) is 37.5. The van der Waals surface area contributed by atoms with Gasteiger partial charge in [0, 0.05) is 6.42 Å². The fourth-order valence-electron chi connectivity index (χ4n) is 12.4. The van der Waals surface area contributed by atoms with Crippen LogP contribution in [0.4, 0.5) is 0 Å². The molecular formula is C75H145NO8. The van der Waals surface area contributed by atoms with Crippen LogP contribution in [0.2, 0.25) is 0 Å². The van der Waals surface area contributed by atoms with E-state index >= 15 is 0 Å². The molecule has 1 aliphatic rings. The Balaban J connectivity index is 2.05. The Labute approximate surface area is 521 Å². The summed E-state index contributed by atoms with van der Waals surface area (Å²) in [6, 6.07) is -0.719. The molecule has 0 aliphatic carbocycles. The lowest BCUT2D eigenvalue weighted by molar-refractivity contribution is -0.302. The summed E-state index contributed by atoms with van der Waals surface area (Å²) >= 11 is 0. The molecular weight excluding hydrogens is 1040 g/mol. The molecule has 0 radical (unpaired) electrons. The maximum atomic E-state index is 13.2. The molecule has 498 valence electrons. The Morgan fingerprint density at radius 1 is 0.405 bits per heavy atom. The van der Waals surface area contributed by atoms with E-state index < -0.39 is 49.5 Å². The highest BCUT2D eigenvalue weighted by atomic mass is 16.7. The smallest absolute Gasteiger partial charge is 0.220 e. The van der Waals surface area contributed by atoms with Gasteiger partial charge < -0.3 is 40.3 Å². The molecule has 0 aromatic carbocycles. The van der Waals surface area contributed by atoms with Crippen molar-refractivity contribution in [2.24, 2.45) is 0 Å². The molecule has 0 saturated carbocycles. The number of allylic oxidation sites excluding steroid dienone is 4. The van der Waals surface area contributed by atoms with Gasteiger partial charge in [0.25, 0.3) is 0 Å². The maximum Gasteiger partial charge on any atom is 0.220 e. The third kappa shape index (κ3) is 52.6. The largest absolute Gasteiger partial charge is 0.394 e. The molecule has 0 aromatic rings. The zero-order valence-electron chi connectivity index (χ0n) is 55.9. The van der Waals surface area contributed by atoms with Crippen LogP contribution in [0.3, 0.4) is 0 Å². The number of aliphatic hydroxyl groups excluding tert-OH is 5. The summed E-state index contributed by atoms with van der Waals surface area (Å²) in [4.78, 5) is 13.2. The van der Waals surface area contributed by atoms with Gasteiger partial charge in [-0.15, -0.1) is 0 Å². The van der Waals surface area contributed by atoms with E-state index in [-0.39, 0.29) is 12.5 Å². The first-order chi connectivity index (χ1) is 41.3. The van der Waals surface area contributed by atoms with E-state index in [1.165, 1.54) is 321 Å². The fourth-order valence-corrected chi connectivity index (χ4v) is 12.4. The number of ether oxygens (including phenoxy) is 2. The van der Waals surface area contributed by atoms with E-state index in [0.717, 1.165) is 44.9 Å². The molecule has 7 unspecified atom stereocenters. The van der Waals surface area contributed by atoms with Crippen LogP contribution < -0.4 is 5.32 Å². The summed E-state index contributed by atoms with van der Waals surface area (Å²) in [6.45, 7) is 3.90. The van der Waals surface area contributed by atoms with E-state index in [9.17, 15) is 30.3 Å². The Kier molecular flexibility index (Phi) is 62.1. The standard InChI is InChI=1S/C75H145NO8/c1-3-5-7-9-11-13-15-17-19-21-23-25-27-28-29-30-31-32-33-34-35-36-37-38-39-40-41-42-43-45-47-49-51-53-55-57-59-61-63-65-71(79)76-68(67-83-75-74(82)73(81)72(80)70(66-77)84-75)69(78)64-62-60-58-56-54-52-50-48-46-44-26-24-22-20-18-16-14-12-10-8-6-4-2/h31-32,34-35,68-70,72-75,77-78,80-82H,3-30,33,36-67H2,1-2H3,(H,76,79)/b32-31-,35-34-. The van der Waals surface area contributed by atoms with Gasteiger partial charge in [0.05, 0.1) is 25.4 Å². The van der Waals surface area contributed by atoms with E-state index in [2.05, 4.69) is 43.5 Å². The molecule has 9 nitrogen and oxygen atoms in total. The summed E-state index contributed by atoms with van der Waals surface area (Å²) in [5.41, 5.74) is 0. The highest BCUT2D eigenvalue weighted by Gasteiger charge is 2.44. The number of amides is 1. The van der Waals surface area contributed by atoms with Gasteiger partial charge in [0.1, 0.15) is 24.4 Å². The number of carbonyl (C=O) groups is 1. The highest BCUT2D eigenvalue weighted by Crippen LogP contribution is 2.24. The van der Waals surface area contributed by atoms with Gasteiger partial charge in [0.15, 0.2) is 6.29 Å². The summed E-state index contributed by atoms with van der Waals surface area (Å²) in [7, 11) is 0. The van der Waals surface area contributed by atoms with E-state index in [0.29, 0.717) is 12.8 Å². The van der Waals surface area contributed by atoms with Crippen molar-refractivity contribution >= 4 is 5.91 Å². The Bertz CT molecular complexity index is 1380. The number of hydrogen-bond acceptors (Lipinski definition) is 8. The van der Waals surface area contributed by atoms with Crippen LogP contribution in [-0.4, -0.2) is 87.5 Å². The van der Waals surface area contributed by atoms with Crippen LogP contribution in [0.25, 0.3) is 0 Å². The zero-order valence-corrected chi connectivity index (χ0v) is 55.9. The normalized spacial score (nSPS) is 18.2. The average molecular weight is 1190 g/mol. The molecule has 0 aromatic heterocycles. The van der Waals surface area contributed by atoms with Gasteiger partial charge in [-0.1, -0.05) is 366 Å². The van der Waals surface area contributed by atoms with E-state index in [1.807, 2.05) is 0 Å². The predicted octanol–water partition coefficient (Wildman–Crippen LogP) is 20.8. The minimum atomic E-state index is -1.55. The molecule has 1 rings (SSSR count). The molecule has 1 amide bonds. The van der Waals surface area contributed by atoms with Gasteiger partial charge in [-0.25, -0.2) is 0 Å². The second kappa shape index (κ2) is 64.6. The third-order valence-corrected chi connectivity index (χ3v) is 18.3. The first kappa shape index (κ1) is 80.7. The first-order valence-corrected chi connectivity index (χ1v) is 37.5. The fraction of sp³-hybridized carbons (Fsp3) is 0.933. The molecule has 0 bridgehead atoms. The van der Waals surface area contributed by atoms with Crippen LogP contribution in [-0.2, 0) is 14.3 Å². The molecule has 9 heteroatoms. The van der Waals surface area contributed by atoms with Gasteiger partial charge in [-0.3, -0.25) is 4.79 Å². The zero-order chi connectivity index (χ0) is 60.7. The molecule has 1 aliphatic heterocycles. The van der Waals surface area contributed by atoms with Gasteiger partial charge in [0.2, 0.25) is 5.91 Å². The second-order valence-corrected chi connectivity index (χ2v) is 26.5. The molecule has 0 spiro atoms. The Hall–Kier alpha value is -1.33. The predicted molar refractivity (Wildman–Crippen MR) is 360 cm³/mol. The number of aliphatic hydroxyl groups is 5. The number of unbranched alkanes of at least 4 members (excludes halogenated alkanes) is 53. The van der Waals surface area contributed by atoms with Crippen molar-refractivity contribution in [1.29, 1.82) is 0 Å². The monoisotopic (exact) mass is 1190 g/mol. The quantitative estimate of drug-likeness (QED) is 0.0261. The van der Waals surface area contributed by atoms with Crippen LogP contribution in [0.5, 0.6) is 0 Å². The van der Waals surface area contributed by atoms with Crippen molar-refractivity contribution in [3.63, 3.8) is 0 Å². The summed E-state index contributed by atoms with van der Waals surface area (Å²) in [6.07, 6.45) is 78.5. The van der Waals surface area contributed by atoms with Crippen LogP contribution in [0.1, 0.15) is 393 Å².